The molecule has 0 unspecified atom stereocenters. The molecule has 144 valence electrons. The maximum absolute atomic E-state index is 11.3. The van der Waals surface area contributed by atoms with Crippen LogP contribution in [0.2, 0.25) is 0 Å². The number of cyclic esters (lactones) is 2. The molecular formula is C22H38O3. The van der Waals surface area contributed by atoms with E-state index in [2.05, 4.69) is 11.7 Å². The Morgan fingerprint density at radius 2 is 1.16 bits per heavy atom. The second-order valence-corrected chi connectivity index (χ2v) is 7.41. The molecule has 0 saturated carbocycles. The molecule has 0 aromatic rings. The Balaban J connectivity index is 1.77. The molecule has 0 aliphatic carbocycles. The van der Waals surface area contributed by atoms with Gasteiger partial charge in [-0.25, -0.2) is 4.79 Å². The van der Waals surface area contributed by atoms with Crippen LogP contribution in [0.3, 0.4) is 0 Å². The van der Waals surface area contributed by atoms with E-state index < -0.39 is 11.9 Å². The van der Waals surface area contributed by atoms with Gasteiger partial charge in [0.25, 0.3) is 0 Å². The number of ether oxygens (including phenoxy) is 1. The highest BCUT2D eigenvalue weighted by Gasteiger charge is 2.26. The summed E-state index contributed by atoms with van der Waals surface area (Å²) in [6.07, 6.45) is 23.3. The minimum atomic E-state index is -0.439. The van der Waals surface area contributed by atoms with Gasteiger partial charge in [-0.15, -0.1) is 0 Å². The molecule has 25 heavy (non-hydrogen) atoms. The summed E-state index contributed by atoms with van der Waals surface area (Å²) in [6, 6.07) is 0. The number of hydrogen-bond acceptors (Lipinski definition) is 3. The van der Waals surface area contributed by atoms with Crippen LogP contribution in [0.25, 0.3) is 0 Å². The number of carbonyl (C=O) groups is 2. The SMILES string of the molecule is CCCCCCCCCCCCCCCCCC=C1CC(=O)OC1=O. The first-order valence-electron chi connectivity index (χ1n) is 10.7. The van der Waals surface area contributed by atoms with Crippen molar-refractivity contribution in [3.63, 3.8) is 0 Å². The summed E-state index contributed by atoms with van der Waals surface area (Å²) in [5.74, 6) is -0.848. The lowest BCUT2D eigenvalue weighted by atomic mass is 10.0. The topological polar surface area (TPSA) is 43.4 Å². The molecule has 0 radical (unpaired) electrons. The van der Waals surface area contributed by atoms with Crippen LogP contribution in [-0.2, 0) is 14.3 Å². The Morgan fingerprint density at radius 1 is 0.720 bits per heavy atom. The van der Waals surface area contributed by atoms with Crippen LogP contribution in [-0.4, -0.2) is 11.9 Å². The maximum atomic E-state index is 11.3. The maximum Gasteiger partial charge on any atom is 0.341 e. The molecule has 1 aliphatic rings. The molecular weight excluding hydrogens is 312 g/mol. The van der Waals surface area contributed by atoms with Gasteiger partial charge in [0.15, 0.2) is 0 Å². The molecule has 1 rings (SSSR count). The van der Waals surface area contributed by atoms with E-state index in [0.29, 0.717) is 5.57 Å². The third-order valence-electron chi connectivity index (χ3n) is 5.00. The molecule has 0 atom stereocenters. The van der Waals surface area contributed by atoms with Crippen molar-refractivity contribution < 1.29 is 14.3 Å². The lowest BCUT2D eigenvalue weighted by molar-refractivity contribution is -0.151. The van der Waals surface area contributed by atoms with Gasteiger partial charge in [-0.3, -0.25) is 4.79 Å². The van der Waals surface area contributed by atoms with Gasteiger partial charge in [0.2, 0.25) is 0 Å². The first kappa shape index (κ1) is 21.9. The number of unbranched alkanes of at least 4 members (excludes halogenated alkanes) is 15. The predicted octanol–water partition coefficient (Wildman–Crippen LogP) is 6.65. The number of esters is 2. The summed E-state index contributed by atoms with van der Waals surface area (Å²) in [6.45, 7) is 2.27. The molecule has 1 saturated heterocycles. The standard InChI is InChI=1S/C22H38O3/c1-2-3-4-5-6-7-8-9-10-11-12-13-14-15-16-17-18-20-19-21(23)25-22(20)24/h18H,2-17,19H2,1H3. The Labute approximate surface area is 154 Å². The molecule has 0 spiro atoms. The third kappa shape index (κ3) is 12.0. The first-order valence-corrected chi connectivity index (χ1v) is 10.7. The zero-order chi connectivity index (χ0) is 18.2. The van der Waals surface area contributed by atoms with Crippen LogP contribution in [0.4, 0.5) is 0 Å². The van der Waals surface area contributed by atoms with Crippen molar-refractivity contribution in [2.75, 3.05) is 0 Å². The smallest absolute Gasteiger partial charge is 0.341 e. The van der Waals surface area contributed by atoms with Crippen LogP contribution in [0.5, 0.6) is 0 Å². The van der Waals surface area contributed by atoms with Gasteiger partial charge in [0.1, 0.15) is 0 Å². The van der Waals surface area contributed by atoms with E-state index in [1.165, 1.54) is 89.9 Å². The van der Waals surface area contributed by atoms with Gasteiger partial charge in [-0.2, -0.15) is 0 Å². The Morgan fingerprint density at radius 3 is 1.56 bits per heavy atom. The second kappa shape index (κ2) is 15.2. The van der Waals surface area contributed by atoms with Crippen molar-refractivity contribution in [1.29, 1.82) is 0 Å². The zero-order valence-corrected chi connectivity index (χ0v) is 16.3. The summed E-state index contributed by atoms with van der Waals surface area (Å²) in [5.41, 5.74) is 0.551. The van der Waals surface area contributed by atoms with Crippen LogP contribution in [0, 0.1) is 0 Å². The lowest BCUT2D eigenvalue weighted by Gasteiger charge is -2.03. The molecule has 3 heteroatoms. The minimum absolute atomic E-state index is 0.164. The van der Waals surface area contributed by atoms with E-state index in [0.717, 1.165) is 12.8 Å². The van der Waals surface area contributed by atoms with Gasteiger partial charge in [0.05, 0.1) is 6.42 Å². The normalized spacial score (nSPS) is 16.0. The van der Waals surface area contributed by atoms with Crippen molar-refractivity contribution >= 4 is 11.9 Å². The highest BCUT2D eigenvalue weighted by Crippen LogP contribution is 2.17. The number of carbonyl (C=O) groups excluding carboxylic acids is 2. The Bertz CT molecular complexity index is 398. The minimum Gasteiger partial charge on any atom is -0.389 e. The van der Waals surface area contributed by atoms with E-state index in [4.69, 9.17) is 0 Å². The van der Waals surface area contributed by atoms with Crippen molar-refractivity contribution in [2.45, 2.75) is 116 Å². The molecule has 1 heterocycles. The van der Waals surface area contributed by atoms with Gasteiger partial charge >= 0.3 is 11.9 Å². The third-order valence-corrected chi connectivity index (χ3v) is 5.00. The second-order valence-electron chi connectivity index (χ2n) is 7.41. The van der Waals surface area contributed by atoms with Crippen molar-refractivity contribution in [3.8, 4) is 0 Å². The van der Waals surface area contributed by atoms with Gasteiger partial charge in [-0.1, -0.05) is 103 Å². The fraction of sp³-hybridized carbons (Fsp3) is 0.818. The van der Waals surface area contributed by atoms with Crippen LogP contribution < -0.4 is 0 Å². The average molecular weight is 351 g/mol. The molecule has 0 aromatic heterocycles. The van der Waals surface area contributed by atoms with Crippen LogP contribution in [0.15, 0.2) is 11.6 Å². The summed E-state index contributed by atoms with van der Waals surface area (Å²) < 4.78 is 4.51. The average Bonchev–Trinajstić information content (AvgIpc) is 2.92. The van der Waals surface area contributed by atoms with Crippen LogP contribution in [0.1, 0.15) is 116 Å². The van der Waals surface area contributed by atoms with E-state index >= 15 is 0 Å². The lowest BCUT2D eigenvalue weighted by Crippen LogP contribution is -1.96. The summed E-state index contributed by atoms with van der Waals surface area (Å²) in [7, 11) is 0. The molecule has 0 aromatic carbocycles. The van der Waals surface area contributed by atoms with E-state index in [1.807, 2.05) is 6.08 Å². The quantitative estimate of drug-likeness (QED) is 0.135. The molecule has 1 fully saturated rings. The van der Waals surface area contributed by atoms with Gasteiger partial charge in [0, 0.05) is 5.57 Å². The first-order chi connectivity index (χ1) is 12.2. The Hall–Kier alpha value is -1.12. The number of rotatable bonds is 16. The highest BCUT2D eigenvalue weighted by molar-refractivity contribution is 6.05. The molecule has 3 nitrogen and oxygen atoms in total. The van der Waals surface area contributed by atoms with Crippen molar-refractivity contribution in [1.82, 2.24) is 0 Å². The summed E-state index contributed by atoms with van der Waals surface area (Å²) in [5, 5.41) is 0. The van der Waals surface area contributed by atoms with Gasteiger partial charge in [-0.05, 0) is 12.8 Å². The zero-order valence-electron chi connectivity index (χ0n) is 16.3. The van der Waals surface area contributed by atoms with E-state index in [1.54, 1.807) is 0 Å². The molecule has 0 amide bonds. The summed E-state index contributed by atoms with van der Waals surface area (Å²) in [4.78, 5) is 22.2. The molecule has 0 N–H and O–H groups in total. The fourth-order valence-electron chi connectivity index (χ4n) is 3.38. The van der Waals surface area contributed by atoms with E-state index in [9.17, 15) is 9.59 Å². The monoisotopic (exact) mass is 350 g/mol. The van der Waals surface area contributed by atoms with E-state index in [-0.39, 0.29) is 6.42 Å². The molecule has 1 aliphatic heterocycles. The van der Waals surface area contributed by atoms with Gasteiger partial charge < -0.3 is 4.74 Å². The fourth-order valence-corrected chi connectivity index (χ4v) is 3.38. The molecule has 0 bridgehead atoms. The summed E-state index contributed by atoms with van der Waals surface area (Å²) >= 11 is 0. The van der Waals surface area contributed by atoms with Crippen molar-refractivity contribution in [2.24, 2.45) is 0 Å². The number of allylic oxidation sites excluding steroid dienone is 1. The van der Waals surface area contributed by atoms with Crippen molar-refractivity contribution in [3.05, 3.63) is 11.6 Å². The number of hydrogen-bond donors (Lipinski definition) is 0. The predicted molar refractivity (Wildman–Crippen MR) is 103 cm³/mol. The Kier molecular flexibility index (Phi) is 13.3. The largest absolute Gasteiger partial charge is 0.389 e. The van der Waals surface area contributed by atoms with Crippen LogP contribution >= 0.6 is 0 Å². The highest BCUT2D eigenvalue weighted by atomic mass is 16.6.